The zero-order valence-corrected chi connectivity index (χ0v) is 12.1. The molecular weight excluding hydrogens is 246 g/mol. The van der Waals surface area contributed by atoms with E-state index in [1.165, 1.54) is 0 Å². The number of methoxy groups -OCH3 is 1. The van der Waals surface area contributed by atoms with Crippen molar-refractivity contribution in [2.75, 3.05) is 26.9 Å². The van der Waals surface area contributed by atoms with E-state index in [9.17, 15) is 4.79 Å². The predicted octanol–water partition coefficient (Wildman–Crippen LogP) is 0.820. The summed E-state index contributed by atoms with van der Waals surface area (Å²) in [5, 5.41) is 4.11. The summed E-state index contributed by atoms with van der Waals surface area (Å²) in [6, 6.07) is 0.124. The normalized spacial score (nSPS) is 11.0. The number of hydrogen-bond donors (Lipinski definition) is 0. The summed E-state index contributed by atoms with van der Waals surface area (Å²) in [6.45, 7) is 5.55. The van der Waals surface area contributed by atoms with E-state index < -0.39 is 0 Å². The Morgan fingerprint density at radius 1 is 1.47 bits per heavy atom. The second kappa shape index (κ2) is 7.91. The number of nitrogens with zero attached hydrogens (tertiary/aromatic N) is 3. The highest BCUT2D eigenvalue weighted by Crippen LogP contribution is 2.08. The lowest BCUT2D eigenvalue weighted by Crippen LogP contribution is -2.38. The zero-order chi connectivity index (χ0) is 14.3. The molecule has 0 aliphatic heterocycles. The number of hydrogen-bond acceptors (Lipinski definition) is 4. The molecule has 0 N–H and O–H groups in total. The summed E-state index contributed by atoms with van der Waals surface area (Å²) < 4.78 is 11.9. The van der Waals surface area contributed by atoms with Gasteiger partial charge in [-0.25, -0.2) is 0 Å². The van der Waals surface area contributed by atoms with Gasteiger partial charge in [0.25, 0.3) is 0 Å². The van der Waals surface area contributed by atoms with Crippen LogP contribution in [-0.2, 0) is 27.9 Å². The van der Waals surface area contributed by atoms with E-state index in [0.717, 1.165) is 5.56 Å². The van der Waals surface area contributed by atoms with Gasteiger partial charge in [0.1, 0.15) is 6.61 Å². The average Bonchev–Trinajstić information content (AvgIpc) is 2.77. The third-order valence-electron chi connectivity index (χ3n) is 2.71. The van der Waals surface area contributed by atoms with Gasteiger partial charge in [-0.2, -0.15) is 5.10 Å². The molecule has 0 bridgehead atoms. The van der Waals surface area contributed by atoms with Gasteiger partial charge in [-0.05, 0) is 13.8 Å². The summed E-state index contributed by atoms with van der Waals surface area (Å²) in [6.07, 6.45) is 3.68. The van der Waals surface area contributed by atoms with Crippen LogP contribution in [-0.4, -0.2) is 53.6 Å². The highest BCUT2D eigenvalue weighted by molar-refractivity contribution is 5.77. The lowest BCUT2D eigenvalue weighted by Gasteiger charge is -2.26. The summed E-state index contributed by atoms with van der Waals surface area (Å²) in [5.74, 6) is -0.0186. The van der Waals surface area contributed by atoms with Crippen LogP contribution in [0.4, 0.5) is 0 Å². The highest BCUT2D eigenvalue weighted by Gasteiger charge is 2.17. The molecule has 1 rings (SSSR count). The summed E-state index contributed by atoms with van der Waals surface area (Å²) in [7, 11) is 3.47. The molecule has 1 heterocycles. The fourth-order valence-electron chi connectivity index (χ4n) is 1.69. The zero-order valence-electron chi connectivity index (χ0n) is 12.1. The first kappa shape index (κ1) is 15.7. The minimum absolute atomic E-state index is 0.0186. The third kappa shape index (κ3) is 5.40. The molecule has 0 unspecified atom stereocenters. The largest absolute Gasteiger partial charge is 0.382 e. The van der Waals surface area contributed by atoms with Crippen LogP contribution in [0.3, 0.4) is 0 Å². The van der Waals surface area contributed by atoms with Crippen LogP contribution in [0.2, 0.25) is 0 Å². The number of amides is 1. The van der Waals surface area contributed by atoms with Crippen molar-refractivity contribution in [1.29, 1.82) is 0 Å². The van der Waals surface area contributed by atoms with E-state index in [1.54, 1.807) is 22.9 Å². The summed E-state index contributed by atoms with van der Waals surface area (Å²) in [4.78, 5) is 13.9. The first-order valence-electron chi connectivity index (χ1n) is 6.38. The number of carbonyl (C=O) groups excluding carboxylic acids is 1. The molecule has 19 heavy (non-hydrogen) atoms. The van der Waals surface area contributed by atoms with Gasteiger partial charge in [0.15, 0.2) is 0 Å². The second-order valence-corrected chi connectivity index (χ2v) is 4.68. The first-order valence-corrected chi connectivity index (χ1v) is 6.38. The van der Waals surface area contributed by atoms with Gasteiger partial charge in [-0.3, -0.25) is 9.48 Å². The summed E-state index contributed by atoms with van der Waals surface area (Å²) >= 11 is 0. The van der Waals surface area contributed by atoms with Gasteiger partial charge in [0, 0.05) is 38.5 Å². The van der Waals surface area contributed by atoms with Gasteiger partial charge in [-0.1, -0.05) is 0 Å². The molecule has 0 atom stereocenters. The summed E-state index contributed by atoms with van der Waals surface area (Å²) in [5.41, 5.74) is 1.02. The van der Waals surface area contributed by atoms with Crippen molar-refractivity contribution < 1.29 is 14.3 Å². The van der Waals surface area contributed by atoms with Crippen LogP contribution in [0, 0.1) is 0 Å². The first-order chi connectivity index (χ1) is 9.04. The van der Waals surface area contributed by atoms with Crippen LogP contribution in [0.5, 0.6) is 0 Å². The topological polar surface area (TPSA) is 56.6 Å². The van der Waals surface area contributed by atoms with Crippen molar-refractivity contribution in [1.82, 2.24) is 14.7 Å². The van der Waals surface area contributed by atoms with Gasteiger partial charge >= 0.3 is 0 Å². The molecule has 0 fully saturated rings. The molecule has 0 saturated carbocycles. The number of aromatic nitrogens is 2. The average molecular weight is 269 g/mol. The highest BCUT2D eigenvalue weighted by atomic mass is 16.5. The fourth-order valence-corrected chi connectivity index (χ4v) is 1.69. The molecule has 0 spiro atoms. The van der Waals surface area contributed by atoms with Gasteiger partial charge < -0.3 is 14.4 Å². The predicted molar refractivity (Wildman–Crippen MR) is 71.6 cm³/mol. The minimum atomic E-state index is -0.0186. The van der Waals surface area contributed by atoms with Crippen LogP contribution in [0.25, 0.3) is 0 Å². The Bertz CT molecular complexity index is 390. The van der Waals surface area contributed by atoms with Crippen LogP contribution < -0.4 is 0 Å². The van der Waals surface area contributed by atoms with Gasteiger partial charge in [-0.15, -0.1) is 0 Å². The molecule has 0 aliphatic carbocycles. The standard InChI is InChI=1S/C13H23N3O3/c1-11(2)16(9-12-7-14-15(3)8-12)13(17)10-19-6-5-18-4/h7-8,11H,5-6,9-10H2,1-4H3. The molecule has 6 nitrogen and oxygen atoms in total. The molecule has 108 valence electrons. The number of ether oxygens (including phenoxy) is 2. The molecule has 0 saturated heterocycles. The smallest absolute Gasteiger partial charge is 0.249 e. The van der Waals surface area contributed by atoms with Crippen molar-refractivity contribution in [3.63, 3.8) is 0 Å². The van der Waals surface area contributed by atoms with E-state index in [4.69, 9.17) is 9.47 Å². The van der Waals surface area contributed by atoms with E-state index in [1.807, 2.05) is 27.1 Å². The van der Waals surface area contributed by atoms with Crippen molar-refractivity contribution in [3.8, 4) is 0 Å². The minimum Gasteiger partial charge on any atom is -0.382 e. The van der Waals surface area contributed by atoms with Crippen molar-refractivity contribution >= 4 is 5.91 Å². The molecule has 1 aromatic heterocycles. The van der Waals surface area contributed by atoms with Crippen LogP contribution >= 0.6 is 0 Å². The molecule has 0 radical (unpaired) electrons. The van der Waals surface area contributed by atoms with Gasteiger partial charge in [0.05, 0.1) is 19.4 Å². The molecule has 1 aromatic rings. The number of rotatable bonds is 8. The molecule has 0 aromatic carbocycles. The Kier molecular flexibility index (Phi) is 6.52. The lowest BCUT2D eigenvalue weighted by molar-refractivity contribution is -0.139. The monoisotopic (exact) mass is 269 g/mol. The number of aryl methyl sites for hydroxylation is 1. The molecule has 0 aliphatic rings. The second-order valence-electron chi connectivity index (χ2n) is 4.68. The Hall–Kier alpha value is -1.40. The Balaban J connectivity index is 2.49. The van der Waals surface area contributed by atoms with E-state index >= 15 is 0 Å². The van der Waals surface area contributed by atoms with Crippen molar-refractivity contribution in [3.05, 3.63) is 18.0 Å². The van der Waals surface area contributed by atoms with E-state index in [-0.39, 0.29) is 18.6 Å². The molecule has 1 amide bonds. The maximum Gasteiger partial charge on any atom is 0.249 e. The van der Waals surface area contributed by atoms with E-state index in [2.05, 4.69) is 5.10 Å². The Morgan fingerprint density at radius 3 is 2.74 bits per heavy atom. The van der Waals surface area contributed by atoms with E-state index in [0.29, 0.717) is 19.8 Å². The van der Waals surface area contributed by atoms with Crippen molar-refractivity contribution in [2.24, 2.45) is 7.05 Å². The lowest BCUT2D eigenvalue weighted by atomic mass is 10.2. The Labute approximate surface area is 114 Å². The quantitative estimate of drug-likeness (QED) is 0.656. The van der Waals surface area contributed by atoms with Crippen molar-refractivity contribution in [2.45, 2.75) is 26.4 Å². The molecule has 6 heteroatoms. The van der Waals surface area contributed by atoms with Crippen LogP contribution in [0.1, 0.15) is 19.4 Å². The maximum atomic E-state index is 12.1. The maximum absolute atomic E-state index is 12.1. The number of carbonyl (C=O) groups is 1. The molecular formula is C13H23N3O3. The SMILES string of the molecule is COCCOCC(=O)N(Cc1cnn(C)c1)C(C)C. The third-order valence-corrected chi connectivity index (χ3v) is 2.71. The van der Waals surface area contributed by atoms with Crippen LogP contribution in [0.15, 0.2) is 12.4 Å². The fraction of sp³-hybridized carbons (Fsp3) is 0.692. The van der Waals surface area contributed by atoms with Gasteiger partial charge in [0.2, 0.25) is 5.91 Å². The Morgan fingerprint density at radius 2 is 2.21 bits per heavy atom.